The summed E-state index contributed by atoms with van der Waals surface area (Å²) in [4.78, 5) is 36.4. The number of esters is 2. The summed E-state index contributed by atoms with van der Waals surface area (Å²) in [6, 6.07) is -1.14. The highest BCUT2D eigenvalue weighted by Gasteiger charge is 2.54. The number of aromatic nitrogens is 4. The number of hydrogen-bond acceptors (Lipinski definition) is 15. The molecule has 0 saturated carbocycles. The monoisotopic (exact) mass is 590 g/mol. The molecular weight excluding hydrogens is 555 g/mol. The van der Waals surface area contributed by atoms with Crippen LogP contribution in [0.3, 0.4) is 0 Å². The number of rotatable bonds is 13. The summed E-state index contributed by atoms with van der Waals surface area (Å²) in [5.41, 5.74) is 4.23. The van der Waals surface area contributed by atoms with Crippen LogP contribution in [0.4, 0.5) is 5.95 Å². The number of nitrogens with one attached hydrogen (secondary N) is 1. The number of nitrogen functional groups attached to an aromatic ring is 1. The molecule has 3 heterocycles. The number of methoxy groups -OCH3 is 2. The Bertz CT molecular complexity index is 1260. The van der Waals surface area contributed by atoms with Crippen molar-refractivity contribution in [2.75, 3.05) is 39.8 Å². The van der Waals surface area contributed by atoms with Crippen molar-refractivity contribution in [3.63, 3.8) is 0 Å². The number of hydrogen-bond donors (Lipinski definition) is 4. The average Bonchev–Trinajstić information content (AvgIpc) is 3.41. The van der Waals surface area contributed by atoms with Crippen LogP contribution in [-0.4, -0.2) is 99.6 Å². The quantitative estimate of drug-likeness (QED) is 0.176. The number of anilines is 1. The van der Waals surface area contributed by atoms with Gasteiger partial charge in [0.25, 0.3) is 0 Å². The van der Waals surface area contributed by atoms with E-state index in [0.717, 1.165) is 7.11 Å². The van der Waals surface area contributed by atoms with E-state index in [4.69, 9.17) is 33.7 Å². The third-order valence-corrected chi connectivity index (χ3v) is 7.65. The fourth-order valence-corrected chi connectivity index (χ4v) is 5.58. The van der Waals surface area contributed by atoms with Gasteiger partial charge in [-0.15, -0.1) is 0 Å². The highest BCUT2D eigenvalue weighted by atomic mass is 31.2. The molecule has 2 aromatic rings. The fraction of sp³-hybridized carbons (Fsp3) is 0.682. The van der Waals surface area contributed by atoms with Crippen molar-refractivity contribution in [3.8, 4) is 5.88 Å². The number of ether oxygens (including phenoxy) is 4. The van der Waals surface area contributed by atoms with E-state index in [-0.39, 0.29) is 29.6 Å². The molecule has 18 heteroatoms. The van der Waals surface area contributed by atoms with Gasteiger partial charge in [-0.25, -0.2) is 19.4 Å². The van der Waals surface area contributed by atoms with Crippen molar-refractivity contribution in [2.24, 2.45) is 5.92 Å². The van der Waals surface area contributed by atoms with Gasteiger partial charge < -0.3 is 34.9 Å². The molecule has 40 heavy (non-hydrogen) atoms. The van der Waals surface area contributed by atoms with Crippen LogP contribution < -0.4 is 15.6 Å². The third-order valence-electron chi connectivity index (χ3n) is 6.09. The molecule has 0 aliphatic carbocycles. The van der Waals surface area contributed by atoms with Gasteiger partial charge in [0.1, 0.15) is 23.9 Å². The second kappa shape index (κ2) is 12.7. The van der Waals surface area contributed by atoms with Crippen LogP contribution in [0.15, 0.2) is 6.33 Å². The number of aliphatic hydroxyl groups is 2. The SMILES string of the molecule is CCOC(=O)COP(=O)(N[C@@H](C(=O)OC)C(C)C)OC[C@H]1O[C@@H](n2cnc3c(OC)nc(N)nc32)[C@](C)(O)[C@@H]1O. The zero-order chi connectivity index (χ0) is 29.8. The van der Waals surface area contributed by atoms with Crippen molar-refractivity contribution in [1.29, 1.82) is 0 Å². The van der Waals surface area contributed by atoms with Crippen LogP contribution in [0.2, 0.25) is 0 Å². The van der Waals surface area contributed by atoms with E-state index in [1.807, 2.05) is 0 Å². The molecule has 1 aliphatic rings. The van der Waals surface area contributed by atoms with Gasteiger partial charge in [-0.3, -0.25) is 18.4 Å². The average molecular weight is 591 g/mol. The van der Waals surface area contributed by atoms with E-state index in [9.17, 15) is 24.4 Å². The second-order valence-corrected chi connectivity index (χ2v) is 11.1. The van der Waals surface area contributed by atoms with Gasteiger partial charge in [-0.05, 0) is 19.8 Å². The van der Waals surface area contributed by atoms with Crippen LogP contribution in [0, 0.1) is 5.92 Å². The molecule has 3 rings (SSSR count). The molecule has 0 radical (unpaired) electrons. The lowest BCUT2D eigenvalue weighted by Crippen LogP contribution is -2.45. The van der Waals surface area contributed by atoms with E-state index in [2.05, 4.69) is 20.0 Å². The van der Waals surface area contributed by atoms with Crippen LogP contribution >= 0.6 is 7.75 Å². The zero-order valence-electron chi connectivity index (χ0n) is 23.0. The Labute approximate surface area is 229 Å². The predicted octanol–water partition coefficient (Wildman–Crippen LogP) is -0.0820. The molecule has 2 aromatic heterocycles. The molecule has 17 nitrogen and oxygen atoms in total. The minimum absolute atomic E-state index is 0.0571. The van der Waals surface area contributed by atoms with E-state index >= 15 is 0 Å². The minimum Gasteiger partial charge on any atom is -0.479 e. The first-order chi connectivity index (χ1) is 18.8. The maximum absolute atomic E-state index is 13.6. The van der Waals surface area contributed by atoms with Crippen LogP contribution in [0.25, 0.3) is 11.2 Å². The third kappa shape index (κ3) is 6.68. The summed E-state index contributed by atoms with van der Waals surface area (Å²) in [6.45, 7) is 4.92. The van der Waals surface area contributed by atoms with Crippen LogP contribution in [0.1, 0.15) is 33.9 Å². The lowest BCUT2D eigenvalue weighted by atomic mass is 9.96. The lowest BCUT2D eigenvalue weighted by molar-refractivity contribution is -0.145. The summed E-state index contributed by atoms with van der Waals surface area (Å²) >= 11 is 0. The Balaban J connectivity index is 1.85. The summed E-state index contributed by atoms with van der Waals surface area (Å²) in [7, 11) is -1.90. The number of carbonyl (C=O) groups excluding carboxylic acids is 2. The van der Waals surface area contributed by atoms with Gasteiger partial charge in [-0.1, -0.05) is 13.8 Å². The number of imidazole rings is 1. The number of nitrogens with two attached hydrogens (primary N) is 1. The summed E-state index contributed by atoms with van der Waals surface area (Å²) in [5, 5.41) is 24.6. The van der Waals surface area contributed by atoms with E-state index in [0.29, 0.717) is 0 Å². The first-order valence-electron chi connectivity index (χ1n) is 12.3. The standard InChI is InChI=1S/C22H35N6O11P/c1-7-36-13(29)9-38-40(33,27-14(11(2)3)19(31)35-6)37-8-12-16(30)22(4,32)20(39-12)28-10-24-15-17(28)25-21(23)26-18(15)34-5/h10-12,14,16,20,30,32H,7-9H2,1-6H3,(H,27,33)(H2,23,25,26)/t12-,14-,16-,20-,22-,40?/m1/s1. The molecular formula is C22H35N6O11P. The Morgan fingerprint density at radius 2 is 2.00 bits per heavy atom. The highest BCUT2D eigenvalue weighted by Crippen LogP contribution is 2.47. The highest BCUT2D eigenvalue weighted by molar-refractivity contribution is 7.51. The van der Waals surface area contributed by atoms with Gasteiger partial charge in [0, 0.05) is 0 Å². The zero-order valence-corrected chi connectivity index (χ0v) is 23.9. The number of nitrogens with zero attached hydrogens (tertiary/aromatic N) is 4. The smallest absolute Gasteiger partial charge is 0.406 e. The van der Waals surface area contributed by atoms with Crippen LogP contribution in [-0.2, 0) is 37.4 Å². The van der Waals surface area contributed by atoms with Crippen molar-refractivity contribution in [3.05, 3.63) is 6.33 Å². The van der Waals surface area contributed by atoms with E-state index in [1.54, 1.807) is 20.8 Å². The van der Waals surface area contributed by atoms with Crippen molar-refractivity contribution >= 4 is 36.8 Å². The van der Waals surface area contributed by atoms with Crippen LogP contribution in [0.5, 0.6) is 5.88 Å². The van der Waals surface area contributed by atoms with Crippen molar-refractivity contribution in [1.82, 2.24) is 24.6 Å². The normalized spacial score (nSPS) is 25.1. The molecule has 0 bridgehead atoms. The Kier molecular flexibility index (Phi) is 10.1. The molecule has 6 atom stereocenters. The minimum atomic E-state index is -4.43. The molecule has 224 valence electrons. The first kappa shape index (κ1) is 31.6. The Hall–Kier alpha value is -2.92. The largest absolute Gasteiger partial charge is 0.479 e. The van der Waals surface area contributed by atoms with Crippen molar-refractivity contribution < 1.29 is 52.4 Å². The molecule has 1 fully saturated rings. The molecule has 1 unspecified atom stereocenters. The van der Waals surface area contributed by atoms with Gasteiger partial charge in [-0.2, -0.15) is 9.97 Å². The Morgan fingerprint density at radius 3 is 2.60 bits per heavy atom. The van der Waals surface area contributed by atoms with Gasteiger partial charge >= 0.3 is 19.7 Å². The van der Waals surface area contributed by atoms with E-state index in [1.165, 1.54) is 24.9 Å². The molecule has 1 aliphatic heterocycles. The number of carbonyl (C=O) groups is 2. The molecule has 0 aromatic carbocycles. The fourth-order valence-electron chi connectivity index (χ4n) is 3.99. The van der Waals surface area contributed by atoms with Gasteiger partial charge in [0.05, 0.1) is 33.8 Å². The molecule has 5 N–H and O–H groups in total. The summed E-state index contributed by atoms with van der Waals surface area (Å²) in [6.07, 6.45) is -2.80. The summed E-state index contributed by atoms with van der Waals surface area (Å²) in [5.74, 6) is -2.02. The Morgan fingerprint density at radius 1 is 1.30 bits per heavy atom. The van der Waals surface area contributed by atoms with Crippen molar-refractivity contribution in [2.45, 2.75) is 57.8 Å². The maximum Gasteiger partial charge on any atom is 0.406 e. The van der Waals surface area contributed by atoms with E-state index < -0.39 is 68.9 Å². The second-order valence-electron chi connectivity index (χ2n) is 9.36. The predicted molar refractivity (Wildman–Crippen MR) is 137 cm³/mol. The van der Waals surface area contributed by atoms with Gasteiger partial charge in [0.15, 0.2) is 24.0 Å². The summed E-state index contributed by atoms with van der Waals surface area (Å²) < 4.78 is 46.4. The molecule has 0 amide bonds. The lowest BCUT2D eigenvalue weighted by Gasteiger charge is -2.28. The number of aliphatic hydroxyl groups excluding tert-OH is 1. The first-order valence-corrected chi connectivity index (χ1v) is 13.8. The maximum atomic E-state index is 13.6. The van der Waals surface area contributed by atoms with Gasteiger partial charge in [0.2, 0.25) is 11.8 Å². The number of fused-ring (bicyclic) bond motifs is 1. The molecule has 0 spiro atoms. The topological polar surface area (TPSA) is 229 Å². The molecule has 1 saturated heterocycles.